The maximum atomic E-state index is 13.1. The Kier molecular flexibility index (Phi) is 4.09. The molecule has 5 aliphatic rings. The first kappa shape index (κ1) is 19.3. The molecular formula is C24H21Cl2N3O2. The number of carbonyl (C=O) groups excluding carboxylic acids is 2. The minimum atomic E-state index is -0.235. The molecule has 7 heteroatoms. The summed E-state index contributed by atoms with van der Waals surface area (Å²) in [7, 11) is 0. The standard InChI is InChI=1S/C24H21Cl2N3O2/c1-11-8-13(12(2)28(11)19-5-3-4-18(25)22(19)26)10-27-29-23(30)20-14-6-7-15(17-9-16(14)17)21(20)24(29)31/h3-8,10,14-17,20-21H,9H2,1-2H3/b27-10-/t14-,15-,16-,17+,20-,21+/m0/s1. The fourth-order valence-corrected chi connectivity index (χ4v) is 6.51. The lowest BCUT2D eigenvalue weighted by molar-refractivity contribution is -0.140. The maximum Gasteiger partial charge on any atom is 0.254 e. The summed E-state index contributed by atoms with van der Waals surface area (Å²) in [6.45, 7) is 3.93. The number of benzene rings is 1. The highest BCUT2D eigenvalue weighted by Crippen LogP contribution is 2.65. The van der Waals surface area contributed by atoms with Crippen LogP contribution >= 0.6 is 23.2 Å². The van der Waals surface area contributed by atoms with Crippen molar-refractivity contribution in [2.24, 2.45) is 40.6 Å². The minimum Gasteiger partial charge on any atom is -0.316 e. The van der Waals surface area contributed by atoms with Crippen molar-refractivity contribution < 1.29 is 9.59 Å². The molecule has 2 saturated carbocycles. The normalized spacial score (nSPS) is 32.8. The predicted molar refractivity (Wildman–Crippen MR) is 119 cm³/mol. The van der Waals surface area contributed by atoms with Crippen LogP contribution in [0.15, 0.2) is 41.5 Å². The molecule has 1 aromatic carbocycles. The molecule has 4 aliphatic carbocycles. The summed E-state index contributed by atoms with van der Waals surface area (Å²) in [5.41, 5.74) is 3.47. The number of allylic oxidation sites excluding steroid dienone is 2. The Balaban J connectivity index is 1.32. The van der Waals surface area contributed by atoms with Gasteiger partial charge in [-0.1, -0.05) is 41.4 Å². The van der Waals surface area contributed by atoms with Crippen LogP contribution in [-0.4, -0.2) is 27.6 Å². The molecule has 0 unspecified atom stereocenters. The van der Waals surface area contributed by atoms with Crippen molar-refractivity contribution in [1.82, 2.24) is 9.58 Å². The number of aromatic nitrogens is 1. The molecule has 3 fully saturated rings. The van der Waals surface area contributed by atoms with Crippen molar-refractivity contribution in [2.45, 2.75) is 20.3 Å². The molecule has 0 N–H and O–H groups in total. The van der Waals surface area contributed by atoms with E-state index in [9.17, 15) is 9.59 Å². The van der Waals surface area contributed by atoms with Gasteiger partial charge in [-0.15, -0.1) is 0 Å². The lowest BCUT2D eigenvalue weighted by Gasteiger charge is -2.37. The van der Waals surface area contributed by atoms with Crippen LogP contribution in [0.2, 0.25) is 10.0 Å². The molecule has 1 saturated heterocycles. The Hall–Kier alpha value is -2.37. The average molecular weight is 454 g/mol. The van der Waals surface area contributed by atoms with Crippen molar-refractivity contribution in [3.8, 4) is 5.69 Å². The number of imide groups is 1. The zero-order chi connectivity index (χ0) is 21.6. The number of halogens is 2. The summed E-state index contributed by atoms with van der Waals surface area (Å²) in [4.78, 5) is 26.2. The number of aryl methyl sites for hydroxylation is 1. The highest BCUT2D eigenvalue weighted by atomic mass is 35.5. The van der Waals surface area contributed by atoms with Gasteiger partial charge in [0.25, 0.3) is 11.8 Å². The van der Waals surface area contributed by atoms with Gasteiger partial charge in [-0.3, -0.25) is 9.59 Å². The molecule has 2 heterocycles. The van der Waals surface area contributed by atoms with Crippen molar-refractivity contribution in [3.05, 3.63) is 63.4 Å². The van der Waals surface area contributed by atoms with Gasteiger partial charge in [0.2, 0.25) is 0 Å². The number of nitrogens with zero attached hydrogens (tertiary/aromatic N) is 3. The second kappa shape index (κ2) is 6.57. The number of carbonyl (C=O) groups is 2. The van der Waals surface area contributed by atoms with Gasteiger partial charge in [0.05, 0.1) is 33.8 Å². The van der Waals surface area contributed by atoms with Crippen LogP contribution in [0.5, 0.6) is 0 Å². The van der Waals surface area contributed by atoms with Gasteiger partial charge in [-0.25, -0.2) is 0 Å². The molecule has 31 heavy (non-hydrogen) atoms. The van der Waals surface area contributed by atoms with Gasteiger partial charge < -0.3 is 4.57 Å². The van der Waals surface area contributed by atoms with Crippen molar-refractivity contribution in [2.75, 3.05) is 0 Å². The zero-order valence-corrected chi connectivity index (χ0v) is 18.6. The van der Waals surface area contributed by atoms with E-state index in [-0.39, 0.29) is 35.5 Å². The third kappa shape index (κ3) is 2.60. The first-order valence-electron chi connectivity index (χ1n) is 10.6. The molecule has 1 aliphatic heterocycles. The Morgan fingerprint density at radius 1 is 1.03 bits per heavy atom. The van der Waals surface area contributed by atoms with E-state index in [1.165, 1.54) is 0 Å². The third-order valence-corrected chi connectivity index (χ3v) is 8.40. The van der Waals surface area contributed by atoms with Crippen LogP contribution in [-0.2, 0) is 9.59 Å². The molecule has 5 nitrogen and oxygen atoms in total. The summed E-state index contributed by atoms with van der Waals surface area (Å²) in [6, 6.07) is 7.47. The second-order valence-corrected chi connectivity index (χ2v) is 9.91. The molecule has 0 spiro atoms. The van der Waals surface area contributed by atoms with Crippen LogP contribution < -0.4 is 0 Å². The van der Waals surface area contributed by atoms with Crippen LogP contribution in [0, 0.1) is 49.4 Å². The van der Waals surface area contributed by atoms with E-state index in [1.54, 1.807) is 12.3 Å². The summed E-state index contributed by atoms with van der Waals surface area (Å²) < 4.78 is 2.00. The van der Waals surface area contributed by atoms with Crippen molar-refractivity contribution >= 4 is 41.2 Å². The van der Waals surface area contributed by atoms with Gasteiger partial charge in [0.15, 0.2) is 0 Å². The fraction of sp³-hybridized carbons (Fsp3) is 0.375. The number of hydrogen-bond donors (Lipinski definition) is 0. The molecular weight excluding hydrogens is 433 g/mol. The highest BCUT2D eigenvalue weighted by Gasteiger charge is 2.67. The number of rotatable bonds is 3. The zero-order valence-electron chi connectivity index (χ0n) is 17.1. The van der Waals surface area contributed by atoms with E-state index in [4.69, 9.17) is 23.2 Å². The van der Waals surface area contributed by atoms with Gasteiger partial charge >= 0.3 is 0 Å². The minimum absolute atomic E-state index is 0.150. The number of amides is 2. The highest BCUT2D eigenvalue weighted by molar-refractivity contribution is 6.43. The Labute approximate surface area is 190 Å². The number of hydrogen-bond acceptors (Lipinski definition) is 3. The lowest BCUT2D eigenvalue weighted by Crippen LogP contribution is -2.40. The predicted octanol–water partition coefficient (Wildman–Crippen LogP) is 4.79. The van der Waals surface area contributed by atoms with Crippen LogP contribution in [0.4, 0.5) is 0 Å². The molecule has 1 aromatic heterocycles. The molecule has 158 valence electrons. The van der Waals surface area contributed by atoms with Gasteiger partial charge in [-0.2, -0.15) is 10.1 Å². The molecule has 2 bridgehead atoms. The Bertz CT molecular complexity index is 1180. The van der Waals surface area contributed by atoms with Crippen molar-refractivity contribution in [1.29, 1.82) is 0 Å². The maximum absolute atomic E-state index is 13.1. The fourth-order valence-electron chi connectivity index (χ4n) is 6.13. The van der Waals surface area contributed by atoms with Crippen LogP contribution in [0.25, 0.3) is 5.69 Å². The van der Waals surface area contributed by atoms with E-state index < -0.39 is 0 Å². The second-order valence-electron chi connectivity index (χ2n) is 9.12. The van der Waals surface area contributed by atoms with E-state index in [1.807, 2.05) is 36.6 Å². The van der Waals surface area contributed by atoms with E-state index >= 15 is 0 Å². The van der Waals surface area contributed by atoms with E-state index in [0.29, 0.717) is 21.9 Å². The first-order chi connectivity index (χ1) is 14.9. The number of hydrazone groups is 1. The monoisotopic (exact) mass is 453 g/mol. The molecule has 6 atom stereocenters. The molecule has 7 rings (SSSR count). The lowest BCUT2D eigenvalue weighted by atomic mass is 9.63. The Morgan fingerprint density at radius 2 is 1.68 bits per heavy atom. The van der Waals surface area contributed by atoms with E-state index in [0.717, 1.165) is 34.1 Å². The molecule has 2 amide bonds. The SMILES string of the molecule is Cc1cc(/C=N\N2C(=O)[C@@H]3[C@H]4C=C[C@@H]([C@@H]5C[C@H]45)[C@@H]3C2=O)c(C)n1-c1cccc(Cl)c1Cl. The van der Waals surface area contributed by atoms with Gasteiger partial charge in [-0.05, 0) is 62.1 Å². The van der Waals surface area contributed by atoms with Crippen LogP contribution in [0.3, 0.4) is 0 Å². The quantitative estimate of drug-likeness (QED) is 0.381. The summed E-state index contributed by atoms with van der Waals surface area (Å²) in [5.74, 6) is 0.794. The largest absolute Gasteiger partial charge is 0.316 e. The van der Waals surface area contributed by atoms with Crippen molar-refractivity contribution in [3.63, 3.8) is 0 Å². The summed E-state index contributed by atoms with van der Waals surface area (Å²) >= 11 is 12.6. The summed E-state index contributed by atoms with van der Waals surface area (Å²) in [5, 5.41) is 6.45. The van der Waals surface area contributed by atoms with Crippen LogP contribution in [0.1, 0.15) is 23.4 Å². The third-order valence-electron chi connectivity index (χ3n) is 7.59. The van der Waals surface area contributed by atoms with Gasteiger partial charge in [0.1, 0.15) is 0 Å². The average Bonchev–Trinajstić information content (AvgIpc) is 3.48. The van der Waals surface area contributed by atoms with E-state index in [2.05, 4.69) is 17.3 Å². The van der Waals surface area contributed by atoms with Gasteiger partial charge in [0, 0.05) is 17.0 Å². The summed E-state index contributed by atoms with van der Waals surface area (Å²) in [6.07, 6.45) is 7.10. The molecule has 0 radical (unpaired) electrons. The molecule has 2 aromatic rings. The first-order valence-corrected chi connectivity index (χ1v) is 11.4. The smallest absolute Gasteiger partial charge is 0.254 e. The Morgan fingerprint density at radius 3 is 2.32 bits per heavy atom. The topological polar surface area (TPSA) is 54.7 Å².